The summed E-state index contributed by atoms with van der Waals surface area (Å²) < 4.78 is 6.17. The fourth-order valence-electron chi connectivity index (χ4n) is 1.77. The Hall–Kier alpha value is -1.89. The highest BCUT2D eigenvalue weighted by atomic mass is 127. The first-order valence-corrected chi connectivity index (χ1v) is 6.76. The quantitative estimate of drug-likeness (QED) is 0.707. The lowest BCUT2D eigenvalue weighted by Crippen LogP contribution is -2.02. The maximum Gasteiger partial charge on any atom is 0.198 e. The van der Waals surface area contributed by atoms with Crippen molar-refractivity contribution in [1.29, 1.82) is 0 Å². The second-order valence-electron chi connectivity index (χ2n) is 3.94. The average molecular weight is 363 g/mol. The summed E-state index contributed by atoms with van der Waals surface area (Å²) in [5, 5.41) is 0. The second kappa shape index (κ2) is 5.00. The monoisotopic (exact) mass is 363 g/mol. The average Bonchev–Trinajstić information content (AvgIpc) is 2.97. The minimum atomic E-state index is 0.459. The van der Waals surface area contributed by atoms with Gasteiger partial charge in [-0.1, -0.05) is 30.3 Å². The predicted molar refractivity (Wildman–Crippen MR) is 82.3 cm³/mol. The van der Waals surface area contributed by atoms with Gasteiger partial charge in [-0.05, 0) is 34.7 Å². The molecule has 1 aromatic carbocycles. The number of anilines is 1. The Balaban J connectivity index is 2.20. The van der Waals surface area contributed by atoms with Crippen molar-refractivity contribution in [3.8, 4) is 22.8 Å². The third-order valence-electron chi connectivity index (χ3n) is 2.67. The number of furan rings is 1. The van der Waals surface area contributed by atoms with E-state index in [1.54, 1.807) is 12.3 Å². The van der Waals surface area contributed by atoms with Crippen molar-refractivity contribution in [3.05, 3.63) is 52.3 Å². The van der Waals surface area contributed by atoms with Crippen molar-refractivity contribution in [2.45, 2.75) is 0 Å². The molecule has 0 radical (unpaired) electrons. The van der Waals surface area contributed by atoms with Crippen LogP contribution in [-0.2, 0) is 0 Å². The maximum atomic E-state index is 5.96. The SMILES string of the molecule is Nc1nc(-c2ccco2)nc(-c2ccccc2)c1I. The Bertz CT molecular complexity index is 696. The van der Waals surface area contributed by atoms with Gasteiger partial charge >= 0.3 is 0 Å². The molecule has 2 heterocycles. The molecule has 0 atom stereocenters. The summed E-state index contributed by atoms with van der Waals surface area (Å²) in [5.41, 5.74) is 7.79. The lowest BCUT2D eigenvalue weighted by atomic mass is 10.1. The van der Waals surface area contributed by atoms with Gasteiger partial charge in [-0.15, -0.1) is 0 Å². The molecule has 94 valence electrons. The summed E-state index contributed by atoms with van der Waals surface area (Å²) in [6, 6.07) is 13.5. The third kappa shape index (κ3) is 2.33. The molecular formula is C14H10IN3O. The van der Waals surface area contributed by atoms with E-state index >= 15 is 0 Å². The second-order valence-corrected chi connectivity index (χ2v) is 5.02. The van der Waals surface area contributed by atoms with Gasteiger partial charge in [0.05, 0.1) is 15.5 Å². The molecule has 0 aliphatic rings. The molecule has 3 aromatic rings. The van der Waals surface area contributed by atoms with E-state index in [0.717, 1.165) is 14.8 Å². The number of nitrogens with two attached hydrogens (primary N) is 1. The molecule has 2 aromatic heterocycles. The maximum absolute atomic E-state index is 5.96. The number of aromatic nitrogens is 2. The van der Waals surface area contributed by atoms with Crippen molar-refractivity contribution in [2.24, 2.45) is 0 Å². The van der Waals surface area contributed by atoms with Gasteiger partial charge in [-0.2, -0.15) is 0 Å². The van der Waals surface area contributed by atoms with Gasteiger partial charge in [0.25, 0.3) is 0 Å². The van der Waals surface area contributed by atoms with Crippen LogP contribution in [0.5, 0.6) is 0 Å². The Morgan fingerprint density at radius 2 is 1.79 bits per heavy atom. The minimum absolute atomic E-state index is 0.459. The number of nitrogens with zero attached hydrogens (tertiary/aromatic N) is 2. The van der Waals surface area contributed by atoms with Crippen LogP contribution < -0.4 is 5.73 Å². The van der Waals surface area contributed by atoms with Gasteiger partial charge < -0.3 is 10.2 Å². The molecule has 0 fully saturated rings. The molecule has 0 bridgehead atoms. The van der Waals surface area contributed by atoms with Crippen LogP contribution in [0.1, 0.15) is 0 Å². The molecule has 19 heavy (non-hydrogen) atoms. The van der Waals surface area contributed by atoms with Crippen molar-refractivity contribution >= 4 is 28.4 Å². The topological polar surface area (TPSA) is 64.9 Å². The number of hydrogen-bond acceptors (Lipinski definition) is 4. The van der Waals surface area contributed by atoms with Crippen molar-refractivity contribution in [1.82, 2.24) is 9.97 Å². The van der Waals surface area contributed by atoms with E-state index in [-0.39, 0.29) is 0 Å². The number of benzene rings is 1. The highest BCUT2D eigenvalue weighted by Gasteiger charge is 2.14. The molecule has 0 spiro atoms. The zero-order valence-corrected chi connectivity index (χ0v) is 12.0. The van der Waals surface area contributed by atoms with Gasteiger partial charge in [0.2, 0.25) is 0 Å². The Labute approximate surface area is 123 Å². The van der Waals surface area contributed by atoms with Gasteiger partial charge in [-0.25, -0.2) is 9.97 Å². The van der Waals surface area contributed by atoms with E-state index in [1.807, 2.05) is 36.4 Å². The Kier molecular flexibility index (Phi) is 3.20. The van der Waals surface area contributed by atoms with Crippen LogP contribution in [0.25, 0.3) is 22.8 Å². The summed E-state index contributed by atoms with van der Waals surface area (Å²) in [5.74, 6) is 1.57. The van der Waals surface area contributed by atoms with Crippen LogP contribution in [-0.4, -0.2) is 9.97 Å². The highest BCUT2D eigenvalue weighted by molar-refractivity contribution is 14.1. The van der Waals surface area contributed by atoms with Crippen LogP contribution in [0, 0.1) is 3.57 Å². The third-order valence-corrected chi connectivity index (χ3v) is 3.73. The molecule has 0 amide bonds. The number of rotatable bonds is 2. The van der Waals surface area contributed by atoms with Gasteiger partial charge in [0, 0.05) is 5.56 Å². The first kappa shape index (κ1) is 12.2. The van der Waals surface area contributed by atoms with Crippen molar-refractivity contribution < 1.29 is 4.42 Å². The Morgan fingerprint density at radius 1 is 1.00 bits per heavy atom. The number of hydrogen-bond donors (Lipinski definition) is 1. The van der Waals surface area contributed by atoms with Crippen LogP contribution in [0.15, 0.2) is 53.1 Å². The van der Waals surface area contributed by atoms with Crippen molar-refractivity contribution in [3.63, 3.8) is 0 Å². The molecule has 5 heteroatoms. The summed E-state index contributed by atoms with van der Waals surface area (Å²) >= 11 is 2.16. The van der Waals surface area contributed by atoms with E-state index in [2.05, 4.69) is 32.6 Å². The number of halogens is 1. The van der Waals surface area contributed by atoms with E-state index in [4.69, 9.17) is 10.2 Å². The van der Waals surface area contributed by atoms with E-state index in [1.165, 1.54) is 0 Å². The zero-order chi connectivity index (χ0) is 13.2. The highest BCUT2D eigenvalue weighted by Crippen LogP contribution is 2.29. The smallest absolute Gasteiger partial charge is 0.198 e. The fraction of sp³-hybridized carbons (Fsp3) is 0. The lowest BCUT2D eigenvalue weighted by molar-refractivity contribution is 0.577. The number of nitrogen functional groups attached to an aromatic ring is 1. The summed E-state index contributed by atoms with van der Waals surface area (Å²) in [7, 11) is 0. The molecular weight excluding hydrogens is 353 g/mol. The van der Waals surface area contributed by atoms with E-state index < -0.39 is 0 Å². The molecule has 0 saturated heterocycles. The molecule has 0 aliphatic carbocycles. The molecule has 0 unspecified atom stereocenters. The van der Waals surface area contributed by atoms with Crippen molar-refractivity contribution in [2.75, 3.05) is 5.73 Å². The normalized spacial score (nSPS) is 10.6. The minimum Gasteiger partial charge on any atom is -0.461 e. The standard InChI is InChI=1S/C14H10IN3O/c15-11-12(9-5-2-1-3-6-9)17-14(18-13(11)16)10-7-4-8-19-10/h1-8H,(H2,16,17,18). The molecule has 4 nitrogen and oxygen atoms in total. The fourth-order valence-corrected chi connectivity index (χ4v) is 2.32. The Morgan fingerprint density at radius 3 is 2.47 bits per heavy atom. The molecule has 3 rings (SSSR count). The van der Waals surface area contributed by atoms with E-state index in [9.17, 15) is 0 Å². The zero-order valence-electron chi connectivity index (χ0n) is 9.88. The van der Waals surface area contributed by atoms with Gasteiger partial charge in [0.1, 0.15) is 5.82 Å². The molecule has 0 saturated carbocycles. The predicted octanol–water partition coefficient (Wildman–Crippen LogP) is 3.59. The first-order valence-electron chi connectivity index (χ1n) is 5.68. The summed E-state index contributed by atoms with van der Waals surface area (Å²) in [6.45, 7) is 0. The summed E-state index contributed by atoms with van der Waals surface area (Å²) in [4.78, 5) is 8.82. The summed E-state index contributed by atoms with van der Waals surface area (Å²) in [6.07, 6.45) is 1.59. The molecule has 2 N–H and O–H groups in total. The van der Waals surface area contributed by atoms with Gasteiger partial charge in [0.15, 0.2) is 11.6 Å². The lowest BCUT2D eigenvalue weighted by Gasteiger charge is -2.07. The van der Waals surface area contributed by atoms with Gasteiger partial charge in [-0.3, -0.25) is 0 Å². The first-order chi connectivity index (χ1) is 9.25. The van der Waals surface area contributed by atoms with Crippen LogP contribution in [0.3, 0.4) is 0 Å². The largest absolute Gasteiger partial charge is 0.461 e. The molecule has 0 aliphatic heterocycles. The van der Waals surface area contributed by atoms with Crippen LogP contribution in [0.4, 0.5) is 5.82 Å². The van der Waals surface area contributed by atoms with E-state index in [0.29, 0.717) is 17.4 Å². The van der Waals surface area contributed by atoms with Crippen LogP contribution in [0.2, 0.25) is 0 Å². The van der Waals surface area contributed by atoms with Crippen LogP contribution >= 0.6 is 22.6 Å².